The lowest BCUT2D eigenvalue weighted by atomic mass is 9.97. The number of amides is 2. The highest BCUT2D eigenvalue weighted by Crippen LogP contribution is 2.18. The number of halogens is 1. The lowest BCUT2D eigenvalue weighted by Crippen LogP contribution is -2.44. The van der Waals surface area contributed by atoms with Gasteiger partial charge >= 0.3 is 0 Å². The van der Waals surface area contributed by atoms with Gasteiger partial charge in [-0.05, 0) is 36.5 Å². The van der Waals surface area contributed by atoms with Crippen molar-refractivity contribution in [2.45, 2.75) is 33.1 Å². The van der Waals surface area contributed by atoms with Crippen LogP contribution < -0.4 is 5.32 Å². The number of carbonyl (C=O) groups excluding carboxylic acids is 2. The van der Waals surface area contributed by atoms with Crippen molar-refractivity contribution in [3.05, 3.63) is 34.9 Å². The van der Waals surface area contributed by atoms with E-state index in [-0.39, 0.29) is 17.7 Å². The van der Waals surface area contributed by atoms with Gasteiger partial charge in [0.1, 0.15) is 0 Å². The Morgan fingerprint density at radius 3 is 2.65 bits per heavy atom. The average molecular weight is 337 g/mol. The highest BCUT2D eigenvalue weighted by atomic mass is 35.5. The van der Waals surface area contributed by atoms with Gasteiger partial charge in [0, 0.05) is 30.6 Å². The Labute approximate surface area is 143 Å². The van der Waals surface area contributed by atoms with Gasteiger partial charge in [-0.2, -0.15) is 0 Å². The van der Waals surface area contributed by atoms with Crippen molar-refractivity contribution >= 4 is 23.4 Å². The SMILES string of the molecule is CC(C)C(=O)NC[C@@H]1CCCN(C(=O)Cc2ccc(Cl)cc2)C1. The Bertz CT molecular complexity index is 542. The first-order chi connectivity index (χ1) is 11.0. The van der Waals surface area contributed by atoms with E-state index in [1.807, 2.05) is 43.0 Å². The number of nitrogens with zero attached hydrogens (tertiary/aromatic N) is 1. The topological polar surface area (TPSA) is 49.4 Å². The maximum absolute atomic E-state index is 12.4. The fraction of sp³-hybridized carbons (Fsp3) is 0.556. The molecule has 23 heavy (non-hydrogen) atoms. The molecule has 4 nitrogen and oxygen atoms in total. The van der Waals surface area contributed by atoms with Gasteiger partial charge in [0.2, 0.25) is 11.8 Å². The lowest BCUT2D eigenvalue weighted by Gasteiger charge is -2.33. The third-order valence-corrected chi connectivity index (χ3v) is 4.48. The van der Waals surface area contributed by atoms with Crippen LogP contribution in [0.25, 0.3) is 0 Å². The molecule has 1 aliphatic heterocycles. The van der Waals surface area contributed by atoms with Crippen molar-refractivity contribution in [1.29, 1.82) is 0 Å². The normalized spacial score (nSPS) is 18.1. The van der Waals surface area contributed by atoms with Gasteiger partial charge in [-0.15, -0.1) is 0 Å². The monoisotopic (exact) mass is 336 g/mol. The second-order valence-corrected chi connectivity index (χ2v) is 6.99. The standard InChI is InChI=1S/C18H25ClN2O2/c1-13(2)18(23)20-11-15-4-3-9-21(12-15)17(22)10-14-5-7-16(19)8-6-14/h5-8,13,15H,3-4,9-12H2,1-2H3,(H,20,23)/t15-/m0/s1. The molecule has 1 atom stereocenters. The summed E-state index contributed by atoms with van der Waals surface area (Å²) in [6.45, 7) is 5.96. The smallest absolute Gasteiger partial charge is 0.226 e. The number of hydrogen-bond acceptors (Lipinski definition) is 2. The molecule has 1 saturated heterocycles. The summed E-state index contributed by atoms with van der Waals surface area (Å²) < 4.78 is 0. The van der Waals surface area contributed by atoms with E-state index in [4.69, 9.17) is 11.6 Å². The summed E-state index contributed by atoms with van der Waals surface area (Å²) >= 11 is 5.87. The highest BCUT2D eigenvalue weighted by molar-refractivity contribution is 6.30. The molecular formula is C18H25ClN2O2. The molecule has 1 aromatic rings. The van der Waals surface area contributed by atoms with Crippen LogP contribution in [0.3, 0.4) is 0 Å². The van der Waals surface area contributed by atoms with Crippen LogP contribution in [0.2, 0.25) is 5.02 Å². The molecule has 0 unspecified atom stereocenters. The minimum Gasteiger partial charge on any atom is -0.356 e. The Balaban J connectivity index is 1.83. The molecule has 0 saturated carbocycles. The zero-order valence-corrected chi connectivity index (χ0v) is 14.6. The van der Waals surface area contributed by atoms with Crippen LogP contribution in [0.15, 0.2) is 24.3 Å². The Kier molecular flexibility index (Phi) is 6.46. The summed E-state index contributed by atoms with van der Waals surface area (Å²) in [4.78, 5) is 26.0. The maximum Gasteiger partial charge on any atom is 0.226 e. The minimum absolute atomic E-state index is 0.00114. The van der Waals surface area contributed by atoms with Crippen LogP contribution in [-0.2, 0) is 16.0 Å². The fourth-order valence-corrected chi connectivity index (χ4v) is 2.92. The van der Waals surface area contributed by atoms with Gasteiger partial charge in [0.05, 0.1) is 6.42 Å². The van der Waals surface area contributed by atoms with Gasteiger partial charge in [-0.3, -0.25) is 9.59 Å². The van der Waals surface area contributed by atoms with Crippen molar-refractivity contribution in [2.75, 3.05) is 19.6 Å². The highest BCUT2D eigenvalue weighted by Gasteiger charge is 2.24. The average Bonchev–Trinajstić information content (AvgIpc) is 2.54. The summed E-state index contributed by atoms with van der Waals surface area (Å²) in [6, 6.07) is 7.41. The first-order valence-electron chi connectivity index (χ1n) is 8.25. The molecule has 1 heterocycles. The van der Waals surface area contributed by atoms with E-state index < -0.39 is 0 Å². The van der Waals surface area contributed by atoms with Crippen LogP contribution in [0.4, 0.5) is 0 Å². The van der Waals surface area contributed by atoms with Crippen molar-refractivity contribution < 1.29 is 9.59 Å². The predicted octanol–water partition coefficient (Wildman–Crippen LogP) is 2.89. The third-order valence-electron chi connectivity index (χ3n) is 4.23. The summed E-state index contributed by atoms with van der Waals surface area (Å²) in [5.41, 5.74) is 0.981. The molecule has 2 rings (SSSR count). The summed E-state index contributed by atoms with van der Waals surface area (Å²) in [6.07, 6.45) is 2.46. The molecule has 0 aromatic heterocycles. The molecule has 0 aliphatic carbocycles. The van der Waals surface area contributed by atoms with Crippen molar-refractivity contribution in [1.82, 2.24) is 10.2 Å². The zero-order valence-electron chi connectivity index (χ0n) is 13.8. The maximum atomic E-state index is 12.4. The third kappa shape index (κ3) is 5.54. The quantitative estimate of drug-likeness (QED) is 0.898. The number of benzene rings is 1. The first-order valence-corrected chi connectivity index (χ1v) is 8.63. The van der Waals surface area contributed by atoms with E-state index in [9.17, 15) is 9.59 Å². The van der Waals surface area contributed by atoms with E-state index in [0.29, 0.717) is 23.9 Å². The molecule has 2 amide bonds. The largest absolute Gasteiger partial charge is 0.356 e. The number of piperidine rings is 1. The molecule has 126 valence electrons. The molecule has 0 spiro atoms. The molecule has 0 radical (unpaired) electrons. The van der Waals surface area contributed by atoms with E-state index >= 15 is 0 Å². The Morgan fingerprint density at radius 2 is 2.00 bits per heavy atom. The van der Waals surface area contributed by atoms with Gasteiger partial charge in [-0.25, -0.2) is 0 Å². The van der Waals surface area contributed by atoms with Crippen molar-refractivity contribution in [3.8, 4) is 0 Å². The van der Waals surface area contributed by atoms with Gasteiger partial charge in [0.15, 0.2) is 0 Å². The Hall–Kier alpha value is -1.55. The molecule has 0 bridgehead atoms. The number of nitrogens with one attached hydrogen (secondary N) is 1. The summed E-state index contributed by atoms with van der Waals surface area (Å²) in [5.74, 6) is 0.573. The number of carbonyl (C=O) groups is 2. The van der Waals surface area contributed by atoms with Crippen molar-refractivity contribution in [2.24, 2.45) is 11.8 Å². The van der Waals surface area contributed by atoms with Gasteiger partial charge in [0.25, 0.3) is 0 Å². The van der Waals surface area contributed by atoms with Crippen molar-refractivity contribution in [3.63, 3.8) is 0 Å². The molecular weight excluding hydrogens is 312 g/mol. The van der Waals surface area contributed by atoms with Gasteiger partial charge in [-0.1, -0.05) is 37.6 Å². The van der Waals surface area contributed by atoms with Gasteiger partial charge < -0.3 is 10.2 Å². The van der Waals surface area contributed by atoms with Crippen LogP contribution in [0.5, 0.6) is 0 Å². The van der Waals surface area contributed by atoms with E-state index in [1.165, 1.54) is 0 Å². The molecule has 1 aromatic carbocycles. The number of likely N-dealkylation sites (tertiary alicyclic amines) is 1. The molecule has 5 heteroatoms. The summed E-state index contributed by atoms with van der Waals surface area (Å²) in [7, 11) is 0. The van der Waals surface area contributed by atoms with Crippen LogP contribution in [0.1, 0.15) is 32.3 Å². The van der Waals surface area contributed by atoms with Crippen LogP contribution in [0, 0.1) is 11.8 Å². The lowest BCUT2D eigenvalue weighted by molar-refractivity contribution is -0.132. The molecule has 1 fully saturated rings. The Morgan fingerprint density at radius 1 is 1.30 bits per heavy atom. The second-order valence-electron chi connectivity index (χ2n) is 6.55. The van der Waals surface area contributed by atoms with Crippen LogP contribution >= 0.6 is 11.6 Å². The number of hydrogen-bond donors (Lipinski definition) is 1. The zero-order chi connectivity index (χ0) is 16.8. The minimum atomic E-state index is 0.00114. The fourth-order valence-electron chi connectivity index (χ4n) is 2.80. The first kappa shape index (κ1) is 17.8. The summed E-state index contributed by atoms with van der Waals surface area (Å²) in [5, 5.41) is 3.66. The van der Waals surface area contributed by atoms with Crippen LogP contribution in [-0.4, -0.2) is 36.3 Å². The van der Waals surface area contributed by atoms with E-state index in [1.54, 1.807) is 0 Å². The molecule has 1 N–H and O–H groups in total. The number of rotatable bonds is 5. The van der Waals surface area contributed by atoms with E-state index in [0.717, 1.165) is 31.5 Å². The van der Waals surface area contributed by atoms with E-state index in [2.05, 4.69) is 5.32 Å². The second kappa shape index (κ2) is 8.34. The predicted molar refractivity (Wildman–Crippen MR) is 92.3 cm³/mol. The molecule has 1 aliphatic rings.